The van der Waals surface area contributed by atoms with Crippen molar-refractivity contribution in [3.8, 4) is 0 Å². The predicted octanol–water partition coefficient (Wildman–Crippen LogP) is 13.2. The fourth-order valence-corrected chi connectivity index (χ4v) is 7.72. The van der Waals surface area contributed by atoms with E-state index in [0.29, 0.717) is 12.8 Å². The van der Waals surface area contributed by atoms with Gasteiger partial charge in [0, 0.05) is 12.8 Å². The van der Waals surface area contributed by atoms with Crippen LogP contribution < -0.4 is 0 Å². The summed E-state index contributed by atoms with van der Waals surface area (Å²) in [5.41, 5.74) is 0. The highest BCUT2D eigenvalue weighted by Gasteiger charge is 2.27. The van der Waals surface area contributed by atoms with Crippen molar-refractivity contribution in [2.24, 2.45) is 0 Å². The smallest absolute Gasteiger partial charge is 0.462 e. The minimum atomic E-state index is -4.62. The summed E-state index contributed by atoms with van der Waals surface area (Å²) >= 11 is 0. The average Bonchev–Trinajstić information content (AvgIpc) is 3.21. The molecule has 0 amide bonds. The minimum absolute atomic E-state index is 0.179. The number of carbonyl (C=O) groups is 2. The zero-order valence-electron chi connectivity index (χ0n) is 37.5. The van der Waals surface area contributed by atoms with E-state index >= 15 is 0 Å². The van der Waals surface area contributed by atoms with Crippen LogP contribution in [0.4, 0.5) is 0 Å². The minimum Gasteiger partial charge on any atom is -0.462 e. The lowest BCUT2D eigenvalue weighted by molar-refractivity contribution is -0.161. The van der Waals surface area contributed by atoms with Crippen LogP contribution >= 0.6 is 7.82 Å². The zero-order valence-corrected chi connectivity index (χ0v) is 38.4. The Morgan fingerprint density at radius 2 is 0.845 bits per heavy atom. The number of phosphoric acid groups is 1. The van der Waals surface area contributed by atoms with Gasteiger partial charge in [-0.15, -0.1) is 0 Å². The third-order valence-electron chi connectivity index (χ3n) is 10.7. The fourth-order valence-electron chi connectivity index (χ4n) is 6.93. The van der Waals surface area contributed by atoms with Gasteiger partial charge in [-0.2, -0.15) is 0 Å². The molecule has 0 aliphatic rings. The molecule has 10 nitrogen and oxygen atoms in total. The molecule has 0 aliphatic carbocycles. The Morgan fingerprint density at radius 1 is 0.500 bits per heavy atom. The van der Waals surface area contributed by atoms with E-state index in [9.17, 15) is 24.2 Å². The predicted molar refractivity (Wildman–Crippen MR) is 238 cm³/mol. The number of unbranched alkanes of at least 4 members (excludes halogenated alkanes) is 30. The largest absolute Gasteiger partial charge is 0.472 e. The maximum Gasteiger partial charge on any atom is 0.472 e. The van der Waals surface area contributed by atoms with Gasteiger partial charge in [-0.25, -0.2) is 4.57 Å². The number of ether oxygens (including phenoxy) is 2. The lowest BCUT2D eigenvalue weighted by Crippen LogP contribution is -2.29. The molecule has 0 aromatic heterocycles. The van der Waals surface area contributed by atoms with Crippen LogP contribution in [0.1, 0.15) is 239 Å². The standard InChI is InChI=1S/C47H91O10P/c1-3-5-7-9-11-13-15-17-19-20-21-22-23-25-26-28-30-32-34-36-38-46(50)54-42-45(43-56-58(52,53)55-41-44(49)40-48)57-47(51)39-37-35-33-31-29-27-24-18-16-14-12-10-8-6-4-2/h18,24,44-45,48-49H,3-17,19-23,25-43H2,1-2H3,(H,52,53)/b24-18+/t44-,45-/m1/s1. The molecule has 3 atom stereocenters. The molecule has 0 saturated heterocycles. The van der Waals surface area contributed by atoms with Crippen molar-refractivity contribution in [3.63, 3.8) is 0 Å². The van der Waals surface area contributed by atoms with E-state index in [1.807, 2.05) is 0 Å². The molecule has 344 valence electrons. The number of phosphoric ester groups is 1. The fraction of sp³-hybridized carbons (Fsp3) is 0.915. The third kappa shape index (κ3) is 42.8. The second-order valence-corrected chi connectivity index (χ2v) is 17.9. The molecule has 0 fully saturated rings. The van der Waals surface area contributed by atoms with Crippen molar-refractivity contribution >= 4 is 19.8 Å². The Bertz CT molecular complexity index is 977. The molecule has 11 heteroatoms. The Labute approximate surface area is 356 Å². The Morgan fingerprint density at radius 3 is 1.24 bits per heavy atom. The molecule has 0 aliphatic heterocycles. The van der Waals surface area contributed by atoms with Crippen molar-refractivity contribution < 1.29 is 47.8 Å². The van der Waals surface area contributed by atoms with Crippen LogP contribution in [0.15, 0.2) is 12.2 Å². The molecule has 3 N–H and O–H groups in total. The van der Waals surface area contributed by atoms with Crippen molar-refractivity contribution in [1.29, 1.82) is 0 Å². The molecule has 0 saturated carbocycles. The van der Waals surface area contributed by atoms with Gasteiger partial charge in [0.25, 0.3) is 0 Å². The van der Waals surface area contributed by atoms with Crippen LogP contribution in [0.2, 0.25) is 0 Å². The molecule has 0 radical (unpaired) electrons. The summed E-state index contributed by atoms with van der Waals surface area (Å²) in [5.74, 6) is -0.920. The molecule has 0 aromatic carbocycles. The van der Waals surface area contributed by atoms with E-state index in [1.165, 1.54) is 141 Å². The summed E-state index contributed by atoms with van der Waals surface area (Å²) in [4.78, 5) is 35.1. The highest BCUT2D eigenvalue weighted by Crippen LogP contribution is 2.43. The number of aliphatic hydroxyl groups is 2. The summed E-state index contributed by atoms with van der Waals surface area (Å²) in [7, 11) is -4.62. The molecule has 1 unspecified atom stereocenters. The molecule has 0 bridgehead atoms. The molecule has 0 spiro atoms. The second-order valence-electron chi connectivity index (χ2n) is 16.5. The first-order valence-electron chi connectivity index (χ1n) is 24.1. The SMILES string of the molecule is CCCCCCCC/C=C/CCCCCCCC(=O)O[C@H](COC(=O)CCCCCCCCCCCCCCCCCCCCCC)COP(=O)(O)OC[C@H](O)CO. The molecule has 58 heavy (non-hydrogen) atoms. The number of esters is 2. The Hall–Kier alpha value is -1.29. The first kappa shape index (κ1) is 56.7. The number of rotatable bonds is 46. The molecular formula is C47H91O10P. The first-order chi connectivity index (χ1) is 28.2. The van der Waals surface area contributed by atoms with Crippen LogP contribution in [-0.4, -0.2) is 65.7 Å². The van der Waals surface area contributed by atoms with Gasteiger partial charge >= 0.3 is 19.8 Å². The van der Waals surface area contributed by atoms with Crippen molar-refractivity contribution in [1.82, 2.24) is 0 Å². The summed E-state index contributed by atoms with van der Waals surface area (Å²) in [6.45, 7) is 2.41. The summed E-state index contributed by atoms with van der Waals surface area (Å²) < 4.78 is 32.8. The van der Waals surface area contributed by atoms with Crippen molar-refractivity contribution in [2.75, 3.05) is 26.4 Å². The first-order valence-corrected chi connectivity index (χ1v) is 25.6. The molecule has 0 aromatic rings. The van der Waals surface area contributed by atoms with Gasteiger partial charge in [0.05, 0.1) is 19.8 Å². The summed E-state index contributed by atoms with van der Waals surface area (Å²) in [6.07, 6.45) is 43.2. The average molecular weight is 847 g/mol. The molecular weight excluding hydrogens is 755 g/mol. The molecule has 0 rings (SSSR count). The maximum absolute atomic E-state index is 12.6. The van der Waals surface area contributed by atoms with Gasteiger partial charge in [0.2, 0.25) is 0 Å². The normalized spacial score (nSPS) is 13.8. The third-order valence-corrected chi connectivity index (χ3v) is 11.6. The van der Waals surface area contributed by atoms with Crippen LogP contribution in [-0.2, 0) is 32.7 Å². The van der Waals surface area contributed by atoms with Crippen LogP contribution in [0.25, 0.3) is 0 Å². The van der Waals surface area contributed by atoms with Gasteiger partial charge in [0.15, 0.2) is 6.10 Å². The van der Waals surface area contributed by atoms with Crippen molar-refractivity contribution in [2.45, 2.75) is 251 Å². The van der Waals surface area contributed by atoms with Crippen LogP contribution in [0, 0.1) is 0 Å². The lowest BCUT2D eigenvalue weighted by Gasteiger charge is -2.20. The van der Waals surface area contributed by atoms with Crippen molar-refractivity contribution in [3.05, 3.63) is 12.2 Å². The van der Waals surface area contributed by atoms with E-state index in [4.69, 9.17) is 23.6 Å². The lowest BCUT2D eigenvalue weighted by atomic mass is 10.0. The maximum atomic E-state index is 12.6. The van der Waals surface area contributed by atoms with E-state index < -0.39 is 51.8 Å². The highest BCUT2D eigenvalue weighted by atomic mass is 31.2. The van der Waals surface area contributed by atoms with Crippen LogP contribution in [0.5, 0.6) is 0 Å². The van der Waals surface area contributed by atoms with Crippen LogP contribution in [0.3, 0.4) is 0 Å². The molecule has 0 heterocycles. The number of allylic oxidation sites excluding steroid dienone is 2. The number of hydrogen-bond donors (Lipinski definition) is 3. The van der Waals surface area contributed by atoms with Gasteiger partial charge < -0.3 is 24.6 Å². The number of carbonyl (C=O) groups excluding carboxylic acids is 2. The monoisotopic (exact) mass is 847 g/mol. The quantitative estimate of drug-likeness (QED) is 0.0234. The zero-order chi connectivity index (χ0) is 42.6. The Kier molecular flexibility index (Phi) is 42.8. The van der Waals surface area contributed by atoms with E-state index in [0.717, 1.165) is 57.8 Å². The number of hydrogen-bond acceptors (Lipinski definition) is 9. The van der Waals surface area contributed by atoms with Gasteiger partial charge in [-0.05, 0) is 38.5 Å². The van der Waals surface area contributed by atoms with E-state index in [2.05, 4.69) is 26.0 Å². The van der Waals surface area contributed by atoms with Gasteiger partial charge in [-0.3, -0.25) is 18.6 Å². The topological polar surface area (TPSA) is 149 Å². The number of aliphatic hydroxyl groups excluding tert-OH is 2. The Balaban J connectivity index is 4.17. The summed E-state index contributed by atoms with van der Waals surface area (Å²) in [6, 6.07) is 0. The van der Waals surface area contributed by atoms with Gasteiger partial charge in [-0.1, -0.05) is 199 Å². The van der Waals surface area contributed by atoms with E-state index in [-0.39, 0.29) is 19.4 Å². The highest BCUT2D eigenvalue weighted by molar-refractivity contribution is 7.47. The second kappa shape index (κ2) is 43.8. The van der Waals surface area contributed by atoms with E-state index in [1.54, 1.807) is 0 Å². The van der Waals surface area contributed by atoms with Gasteiger partial charge in [0.1, 0.15) is 12.7 Å². The summed E-state index contributed by atoms with van der Waals surface area (Å²) in [5, 5.41) is 18.4.